The molecule has 0 radical (unpaired) electrons. The van der Waals surface area contributed by atoms with Gasteiger partial charge in [0.05, 0.1) is 0 Å². The van der Waals surface area contributed by atoms with Gasteiger partial charge in [0, 0.05) is 24.7 Å². The number of fused-ring (bicyclic) bond motifs is 3. The number of hydrogen-bond donors (Lipinski definition) is 1. The molecule has 4 nitrogen and oxygen atoms in total. The molecule has 3 aromatic carbocycles. The van der Waals surface area contributed by atoms with Gasteiger partial charge in [-0.2, -0.15) is 12.7 Å². The minimum Gasteiger partial charge on any atom is -0.271 e. The molecule has 154 valence electrons. The van der Waals surface area contributed by atoms with E-state index < -0.39 is 10.2 Å². The second kappa shape index (κ2) is 7.56. The van der Waals surface area contributed by atoms with Crippen LogP contribution in [0.15, 0.2) is 72.8 Å². The van der Waals surface area contributed by atoms with Gasteiger partial charge in [-0.25, -0.2) is 0 Å². The van der Waals surface area contributed by atoms with Crippen LogP contribution in [0.3, 0.4) is 0 Å². The summed E-state index contributed by atoms with van der Waals surface area (Å²) in [6.07, 6.45) is 1.91. The normalized spacial score (nSPS) is 19.3. The Morgan fingerprint density at radius 2 is 1.47 bits per heavy atom. The van der Waals surface area contributed by atoms with Gasteiger partial charge in [-0.3, -0.25) is 4.72 Å². The molecule has 30 heavy (non-hydrogen) atoms. The summed E-state index contributed by atoms with van der Waals surface area (Å²) < 4.78 is 30.6. The highest BCUT2D eigenvalue weighted by atomic mass is 32.2. The zero-order valence-electron chi connectivity index (χ0n) is 17.1. The van der Waals surface area contributed by atoms with Crippen LogP contribution in [0.1, 0.15) is 35.4 Å². The number of nitrogens with one attached hydrogen (secondary N) is 1. The van der Waals surface area contributed by atoms with Crippen LogP contribution in [0.2, 0.25) is 0 Å². The summed E-state index contributed by atoms with van der Waals surface area (Å²) in [5, 5.41) is 0. The lowest BCUT2D eigenvalue weighted by Gasteiger charge is -2.35. The van der Waals surface area contributed by atoms with Crippen LogP contribution in [-0.4, -0.2) is 25.8 Å². The molecule has 1 heterocycles. The molecule has 0 amide bonds. The van der Waals surface area contributed by atoms with Gasteiger partial charge in [0.1, 0.15) is 0 Å². The van der Waals surface area contributed by atoms with Crippen LogP contribution in [0.25, 0.3) is 11.1 Å². The Morgan fingerprint density at radius 1 is 0.867 bits per heavy atom. The van der Waals surface area contributed by atoms with Crippen LogP contribution in [0, 0.1) is 12.8 Å². The fourth-order valence-electron chi connectivity index (χ4n) is 5.00. The summed E-state index contributed by atoms with van der Waals surface area (Å²) in [5.41, 5.74) is 6.95. The molecule has 3 aromatic rings. The first-order valence-corrected chi connectivity index (χ1v) is 12.0. The van der Waals surface area contributed by atoms with Crippen molar-refractivity contribution in [2.45, 2.75) is 25.7 Å². The van der Waals surface area contributed by atoms with E-state index in [9.17, 15) is 8.42 Å². The van der Waals surface area contributed by atoms with Crippen molar-refractivity contribution in [2.24, 2.45) is 5.92 Å². The molecular formula is C25H26N2O2S. The Hall–Kier alpha value is -2.63. The van der Waals surface area contributed by atoms with E-state index in [1.54, 1.807) is 4.31 Å². The zero-order chi connectivity index (χ0) is 20.7. The van der Waals surface area contributed by atoms with Gasteiger partial charge < -0.3 is 0 Å². The van der Waals surface area contributed by atoms with E-state index in [0.29, 0.717) is 18.8 Å². The maximum atomic E-state index is 13.1. The third-order valence-electron chi connectivity index (χ3n) is 6.41. The fourth-order valence-corrected chi connectivity index (χ4v) is 6.32. The summed E-state index contributed by atoms with van der Waals surface area (Å²) in [7, 11) is -3.58. The molecule has 1 atom stereocenters. The molecule has 0 saturated carbocycles. The second-order valence-electron chi connectivity index (χ2n) is 8.39. The minimum atomic E-state index is -3.58. The smallest absolute Gasteiger partial charge is 0.271 e. The monoisotopic (exact) mass is 418 g/mol. The summed E-state index contributed by atoms with van der Waals surface area (Å²) >= 11 is 0. The van der Waals surface area contributed by atoms with Crippen molar-refractivity contribution in [1.82, 2.24) is 4.31 Å². The van der Waals surface area contributed by atoms with Crippen molar-refractivity contribution in [3.05, 3.63) is 89.5 Å². The third-order valence-corrected chi connectivity index (χ3v) is 7.92. The maximum absolute atomic E-state index is 13.1. The Morgan fingerprint density at radius 3 is 2.10 bits per heavy atom. The lowest BCUT2D eigenvalue weighted by atomic mass is 9.80. The highest BCUT2D eigenvalue weighted by Crippen LogP contribution is 2.49. The van der Waals surface area contributed by atoms with E-state index in [4.69, 9.17) is 0 Å². The Kier molecular flexibility index (Phi) is 4.88. The molecule has 1 aliphatic heterocycles. The number of hydrogen-bond acceptors (Lipinski definition) is 2. The molecule has 0 spiro atoms. The lowest BCUT2D eigenvalue weighted by Crippen LogP contribution is -2.44. The van der Waals surface area contributed by atoms with Crippen molar-refractivity contribution in [3.63, 3.8) is 0 Å². The van der Waals surface area contributed by atoms with Crippen molar-refractivity contribution < 1.29 is 8.42 Å². The minimum absolute atomic E-state index is 0.245. The van der Waals surface area contributed by atoms with Gasteiger partial charge in [0.15, 0.2) is 0 Å². The molecule has 5 rings (SSSR count). The van der Waals surface area contributed by atoms with E-state index >= 15 is 0 Å². The first-order valence-electron chi connectivity index (χ1n) is 10.6. The lowest BCUT2D eigenvalue weighted by molar-refractivity contribution is 0.251. The van der Waals surface area contributed by atoms with Crippen molar-refractivity contribution in [3.8, 4) is 11.1 Å². The Bertz CT molecular complexity index is 1130. The van der Waals surface area contributed by atoms with E-state index in [0.717, 1.165) is 18.4 Å². The van der Waals surface area contributed by atoms with Crippen molar-refractivity contribution in [1.29, 1.82) is 0 Å². The quantitative estimate of drug-likeness (QED) is 0.635. The number of piperidine rings is 1. The van der Waals surface area contributed by atoms with Gasteiger partial charge in [-0.15, -0.1) is 0 Å². The van der Waals surface area contributed by atoms with Crippen LogP contribution >= 0.6 is 0 Å². The Balaban J connectivity index is 1.42. The second-order valence-corrected chi connectivity index (χ2v) is 10.1. The number of rotatable bonds is 4. The maximum Gasteiger partial charge on any atom is 0.301 e. The van der Waals surface area contributed by atoms with Gasteiger partial charge >= 0.3 is 10.2 Å². The molecule has 2 aliphatic rings. The van der Waals surface area contributed by atoms with Crippen LogP contribution in [0.5, 0.6) is 0 Å². The zero-order valence-corrected chi connectivity index (χ0v) is 17.9. The highest BCUT2D eigenvalue weighted by Gasteiger charge is 2.38. The number of benzene rings is 3. The average molecular weight is 419 g/mol. The predicted octanol–water partition coefficient (Wildman–Crippen LogP) is 5.18. The van der Waals surface area contributed by atoms with Crippen LogP contribution < -0.4 is 4.72 Å². The van der Waals surface area contributed by atoms with E-state index in [2.05, 4.69) is 53.3 Å². The molecule has 1 fully saturated rings. The van der Waals surface area contributed by atoms with E-state index in [-0.39, 0.29) is 11.8 Å². The van der Waals surface area contributed by atoms with Crippen molar-refractivity contribution in [2.75, 3.05) is 17.8 Å². The molecule has 0 aromatic heterocycles. The highest BCUT2D eigenvalue weighted by molar-refractivity contribution is 7.90. The largest absolute Gasteiger partial charge is 0.301 e. The van der Waals surface area contributed by atoms with Crippen LogP contribution in [-0.2, 0) is 10.2 Å². The third kappa shape index (κ3) is 3.42. The summed E-state index contributed by atoms with van der Waals surface area (Å²) in [5.74, 6) is 0.507. The van der Waals surface area contributed by atoms with E-state index in [1.807, 2.05) is 31.2 Å². The summed E-state index contributed by atoms with van der Waals surface area (Å²) in [6, 6.07) is 24.6. The molecule has 0 bridgehead atoms. The van der Waals surface area contributed by atoms with Crippen molar-refractivity contribution >= 4 is 15.9 Å². The summed E-state index contributed by atoms with van der Waals surface area (Å²) in [4.78, 5) is 0. The predicted molar refractivity (Wildman–Crippen MR) is 122 cm³/mol. The standard InChI is InChI=1S/C25H26N2O2S/c1-18-12-14-20(15-13-18)26-30(28,29)27-16-6-7-19(17-27)25-23-10-4-2-8-21(23)22-9-3-5-11-24(22)25/h2-5,8-15,19,25-26H,6-7,16-17H2,1H3. The number of nitrogens with zero attached hydrogens (tertiary/aromatic N) is 1. The fraction of sp³-hybridized carbons (Fsp3) is 0.280. The molecule has 1 saturated heterocycles. The molecule has 1 aliphatic carbocycles. The SMILES string of the molecule is Cc1ccc(NS(=O)(=O)N2CCCC(C3c4ccccc4-c4ccccc43)C2)cc1. The first-order chi connectivity index (χ1) is 14.5. The van der Waals surface area contributed by atoms with Gasteiger partial charge in [-0.05, 0) is 60.1 Å². The Labute approximate surface area is 178 Å². The number of anilines is 1. The van der Waals surface area contributed by atoms with Crippen LogP contribution in [0.4, 0.5) is 5.69 Å². The summed E-state index contributed by atoms with van der Waals surface area (Å²) in [6.45, 7) is 3.09. The topological polar surface area (TPSA) is 49.4 Å². The number of aryl methyl sites for hydroxylation is 1. The molecular weight excluding hydrogens is 392 g/mol. The molecule has 1 N–H and O–H groups in total. The van der Waals surface area contributed by atoms with E-state index in [1.165, 1.54) is 22.3 Å². The van der Waals surface area contributed by atoms with Gasteiger partial charge in [0.2, 0.25) is 0 Å². The van der Waals surface area contributed by atoms with Gasteiger partial charge in [0.25, 0.3) is 0 Å². The molecule has 1 unspecified atom stereocenters. The average Bonchev–Trinajstić information content (AvgIpc) is 3.10. The first kappa shape index (κ1) is 19.3. The molecule has 5 heteroatoms. The van der Waals surface area contributed by atoms with Gasteiger partial charge in [-0.1, -0.05) is 66.2 Å².